The molecular weight excluding hydrogens is 396 g/mol. The molecule has 0 aliphatic heterocycles. The molecule has 27 heavy (non-hydrogen) atoms. The van der Waals surface area contributed by atoms with Gasteiger partial charge in [0.2, 0.25) is 11.0 Å². The van der Waals surface area contributed by atoms with Crippen molar-refractivity contribution >= 4 is 39.6 Å². The van der Waals surface area contributed by atoms with Gasteiger partial charge in [-0.15, -0.1) is 20.4 Å². The minimum atomic E-state index is -2.76. The number of aromatic nitrogens is 6. The molecule has 0 bridgehead atoms. The molecule has 1 N–H and O–H groups in total. The molecule has 3 heterocycles. The maximum atomic E-state index is 13.0. The first-order valence-corrected chi connectivity index (χ1v) is 9.19. The van der Waals surface area contributed by atoms with E-state index in [2.05, 4.69) is 30.8 Å². The molecule has 138 valence electrons. The summed E-state index contributed by atoms with van der Waals surface area (Å²) in [6.07, 6.45) is -2.76. The van der Waals surface area contributed by atoms with Crippen molar-refractivity contribution in [2.45, 2.75) is 15.8 Å². The Labute approximate surface area is 159 Å². The molecular formula is C15H11F2N7OS2. The topological polar surface area (TPSA) is 90.1 Å². The predicted molar refractivity (Wildman–Crippen MR) is 96.0 cm³/mol. The molecule has 3 aromatic heterocycles. The van der Waals surface area contributed by atoms with Gasteiger partial charge < -0.3 is 10.1 Å². The molecule has 0 radical (unpaired) electrons. The Hall–Kier alpha value is -2.86. The van der Waals surface area contributed by atoms with Crippen molar-refractivity contribution in [3.63, 3.8) is 0 Å². The van der Waals surface area contributed by atoms with Gasteiger partial charge in [0.15, 0.2) is 9.99 Å². The Morgan fingerprint density at radius 1 is 1.11 bits per heavy atom. The van der Waals surface area contributed by atoms with Gasteiger partial charge in [-0.2, -0.15) is 9.61 Å². The number of halogens is 2. The highest BCUT2D eigenvalue weighted by atomic mass is 32.2. The SMILES string of the molecule is COc1ccccc1Nc1nnc(Sc2ccc3nnc(C(F)F)n3n2)s1. The van der Waals surface area contributed by atoms with E-state index in [0.717, 1.165) is 10.2 Å². The molecule has 1 aromatic carbocycles. The summed E-state index contributed by atoms with van der Waals surface area (Å²) in [4.78, 5) is 0. The van der Waals surface area contributed by atoms with Crippen LogP contribution in [0.25, 0.3) is 5.65 Å². The van der Waals surface area contributed by atoms with Gasteiger partial charge in [0.25, 0.3) is 6.43 Å². The smallest absolute Gasteiger partial charge is 0.299 e. The molecule has 0 atom stereocenters. The van der Waals surface area contributed by atoms with Crippen LogP contribution in [0.4, 0.5) is 19.6 Å². The Morgan fingerprint density at radius 2 is 1.96 bits per heavy atom. The lowest BCUT2D eigenvalue weighted by atomic mass is 10.3. The van der Waals surface area contributed by atoms with E-state index in [9.17, 15) is 8.78 Å². The monoisotopic (exact) mass is 407 g/mol. The van der Waals surface area contributed by atoms with Gasteiger partial charge in [-0.05, 0) is 36.0 Å². The summed E-state index contributed by atoms with van der Waals surface area (Å²) in [5.41, 5.74) is 1.02. The number of para-hydroxylation sites is 2. The van der Waals surface area contributed by atoms with Crippen LogP contribution in [0.2, 0.25) is 0 Å². The lowest BCUT2D eigenvalue weighted by molar-refractivity contribution is 0.137. The van der Waals surface area contributed by atoms with Gasteiger partial charge in [-0.1, -0.05) is 23.5 Å². The Morgan fingerprint density at radius 3 is 2.78 bits per heavy atom. The van der Waals surface area contributed by atoms with E-state index in [1.165, 1.54) is 23.1 Å². The summed E-state index contributed by atoms with van der Waals surface area (Å²) in [5.74, 6) is 0.185. The number of nitrogens with zero attached hydrogens (tertiary/aromatic N) is 6. The average molecular weight is 407 g/mol. The van der Waals surface area contributed by atoms with E-state index in [1.807, 2.05) is 24.3 Å². The molecule has 4 aromatic rings. The Balaban J connectivity index is 1.54. The summed E-state index contributed by atoms with van der Waals surface area (Å²) in [6.45, 7) is 0. The van der Waals surface area contributed by atoms with Crippen LogP contribution >= 0.6 is 23.1 Å². The van der Waals surface area contributed by atoms with Crippen LogP contribution in [0, 0.1) is 0 Å². The fourth-order valence-electron chi connectivity index (χ4n) is 2.23. The van der Waals surface area contributed by atoms with Crippen molar-refractivity contribution in [2.24, 2.45) is 0 Å². The normalized spacial score (nSPS) is 11.3. The number of alkyl halides is 2. The third-order valence-corrected chi connectivity index (χ3v) is 5.22. The van der Waals surface area contributed by atoms with Crippen LogP contribution in [-0.2, 0) is 0 Å². The first-order chi connectivity index (χ1) is 13.1. The number of nitrogens with one attached hydrogen (secondary N) is 1. The predicted octanol–water partition coefficient (Wildman–Crippen LogP) is 3.82. The fraction of sp³-hybridized carbons (Fsp3) is 0.133. The summed E-state index contributed by atoms with van der Waals surface area (Å²) in [6, 6.07) is 10.7. The van der Waals surface area contributed by atoms with Crippen molar-refractivity contribution in [2.75, 3.05) is 12.4 Å². The highest BCUT2D eigenvalue weighted by molar-refractivity contribution is 8.01. The van der Waals surface area contributed by atoms with Crippen molar-refractivity contribution in [3.05, 3.63) is 42.2 Å². The maximum Gasteiger partial charge on any atom is 0.299 e. The molecule has 0 aliphatic carbocycles. The first kappa shape index (κ1) is 17.5. The van der Waals surface area contributed by atoms with Crippen LogP contribution < -0.4 is 10.1 Å². The molecule has 4 rings (SSSR count). The fourth-order valence-corrected chi connectivity index (χ4v) is 3.90. The Kier molecular flexibility index (Phi) is 4.81. The number of fused-ring (bicyclic) bond motifs is 1. The van der Waals surface area contributed by atoms with Crippen LogP contribution in [0.3, 0.4) is 0 Å². The maximum absolute atomic E-state index is 13.0. The zero-order chi connectivity index (χ0) is 18.8. The summed E-state index contributed by atoms with van der Waals surface area (Å²) < 4.78 is 32.8. The largest absolute Gasteiger partial charge is 0.495 e. The van der Waals surface area contributed by atoms with Gasteiger partial charge in [-0.3, -0.25) is 0 Å². The lowest BCUT2D eigenvalue weighted by Gasteiger charge is -2.07. The quantitative estimate of drug-likeness (QED) is 0.516. The van der Waals surface area contributed by atoms with E-state index in [0.29, 0.717) is 20.2 Å². The number of anilines is 2. The molecule has 0 aliphatic rings. The third kappa shape index (κ3) is 3.66. The van der Waals surface area contributed by atoms with Gasteiger partial charge >= 0.3 is 0 Å². The second kappa shape index (κ2) is 7.40. The number of benzene rings is 1. The summed E-state index contributed by atoms with van der Waals surface area (Å²) in [7, 11) is 1.59. The van der Waals surface area contributed by atoms with Crippen molar-refractivity contribution in [3.8, 4) is 5.75 Å². The molecule has 0 fully saturated rings. The highest BCUT2D eigenvalue weighted by Gasteiger charge is 2.17. The second-order valence-corrected chi connectivity index (χ2v) is 7.35. The van der Waals surface area contributed by atoms with Crippen LogP contribution in [0.5, 0.6) is 5.75 Å². The van der Waals surface area contributed by atoms with Gasteiger partial charge in [0, 0.05) is 0 Å². The first-order valence-electron chi connectivity index (χ1n) is 7.56. The average Bonchev–Trinajstić information content (AvgIpc) is 3.28. The van der Waals surface area contributed by atoms with Crippen LogP contribution in [0.15, 0.2) is 45.8 Å². The number of rotatable bonds is 6. The second-order valence-electron chi connectivity index (χ2n) is 5.10. The molecule has 0 unspecified atom stereocenters. The van der Waals surface area contributed by atoms with E-state index in [4.69, 9.17) is 4.74 Å². The van der Waals surface area contributed by atoms with E-state index in [1.54, 1.807) is 19.2 Å². The zero-order valence-corrected chi connectivity index (χ0v) is 15.3. The van der Waals surface area contributed by atoms with Gasteiger partial charge in [-0.25, -0.2) is 8.78 Å². The number of ether oxygens (including phenoxy) is 1. The minimum Gasteiger partial charge on any atom is -0.495 e. The van der Waals surface area contributed by atoms with Crippen molar-refractivity contribution in [1.29, 1.82) is 0 Å². The van der Waals surface area contributed by atoms with Gasteiger partial charge in [0.1, 0.15) is 10.8 Å². The standard InChI is InChI=1S/C15H11F2N7OS2/c1-25-9-5-3-2-4-8(9)18-14-21-22-15(27-14)26-11-7-6-10-19-20-13(12(16)17)24(10)23-11/h2-7,12H,1H3,(H,18,21). The van der Waals surface area contributed by atoms with Crippen molar-refractivity contribution in [1.82, 2.24) is 30.0 Å². The number of hydrogen-bond acceptors (Lipinski definition) is 9. The highest BCUT2D eigenvalue weighted by Crippen LogP contribution is 2.34. The summed E-state index contributed by atoms with van der Waals surface area (Å²) >= 11 is 2.51. The zero-order valence-electron chi connectivity index (χ0n) is 13.7. The van der Waals surface area contributed by atoms with Gasteiger partial charge in [0.05, 0.1) is 12.8 Å². The van der Waals surface area contributed by atoms with Crippen LogP contribution in [0.1, 0.15) is 12.2 Å². The molecule has 0 saturated heterocycles. The number of hydrogen-bond donors (Lipinski definition) is 1. The molecule has 0 amide bonds. The summed E-state index contributed by atoms with van der Waals surface area (Å²) in [5, 5.41) is 23.6. The number of methoxy groups -OCH3 is 1. The molecule has 0 spiro atoms. The van der Waals surface area contributed by atoms with E-state index >= 15 is 0 Å². The van der Waals surface area contributed by atoms with E-state index < -0.39 is 12.2 Å². The van der Waals surface area contributed by atoms with E-state index in [-0.39, 0.29) is 5.65 Å². The third-order valence-electron chi connectivity index (χ3n) is 3.40. The Bertz CT molecular complexity index is 1080. The molecule has 0 saturated carbocycles. The van der Waals surface area contributed by atoms with Crippen LogP contribution in [-0.4, -0.2) is 37.1 Å². The minimum absolute atomic E-state index is 0.255. The molecule has 8 nitrogen and oxygen atoms in total. The molecule has 12 heteroatoms. The van der Waals surface area contributed by atoms with Crippen molar-refractivity contribution < 1.29 is 13.5 Å². The lowest BCUT2D eigenvalue weighted by Crippen LogP contribution is -2.00.